The van der Waals surface area contributed by atoms with E-state index in [9.17, 15) is 0 Å². The Kier molecular flexibility index (Phi) is 2.26. The van der Waals surface area contributed by atoms with E-state index < -0.39 is 0 Å². The summed E-state index contributed by atoms with van der Waals surface area (Å²) < 4.78 is 0. The third kappa shape index (κ3) is 1.80. The molecule has 0 aliphatic heterocycles. The SMILES string of the molecule is CC(=NO)c1cccc(C)c1. The Morgan fingerprint density at radius 2 is 2.18 bits per heavy atom. The first-order chi connectivity index (χ1) is 5.24. The van der Waals surface area contributed by atoms with Gasteiger partial charge in [-0.2, -0.15) is 0 Å². The van der Waals surface area contributed by atoms with Crippen LogP contribution in [0.1, 0.15) is 18.1 Å². The second-order valence-corrected chi connectivity index (χ2v) is 2.55. The van der Waals surface area contributed by atoms with Gasteiger partial charge in [0.05, 0.1) is 5.71 Å². The summed E-state index contributed by atoms with van der Waals surface area (Å²) in [5.41, 5.74) is 2.78. The normalized spacial score (nSPS) is 11.6. The van der Waals surface area contributed by atoms with E-state index in [2.05, 4.69) is 5.16 Å². The van der Waals surface area contributed by atoms with Crippen molar-refractivity contribution >= 4 is 5.71 Å². The van der Waals surface area contributed by atoms with Gasteiger partial charge in [-0.15, -0.1) is 0 Å². The van der Waals surface area contributed by atoms with Gasteiger partial charge in [0.25, 0.3) is 0 Å². The predicted molar refractivity (Wildman–Crippen MR) is 45.2 cm³/mol. The van der Waals surface area contributed by atoms with Crippen LogP contribution in [-0.2, 0) is 0 Å². The highest BCUT2D eigenvalue weighted by atomic mass is 16.4. The Hall–Kier alpha value is -1.31. The van der Waals surface area contributed by atoms with Gasteiger partial charge >= 0.3 is 0 Å². The molecule has 1 N–H and O–H groups in total. The highest BCUT2D eigenvalue weighted by Gasteiger charge is 1.95. The fraction of sp³-hybridized carbons (Fsp3) is 0.222. The minimum atomic E-state index is 0.647. The average molecular weight is 149 g/mol. The zero-order valence-electron chi connectivity index (χ0n) is 6.70. The Morgan fingerprint density at radius 1 is 1.45 bits per heavy atom. The van der Waals surface area contributed by atoms with Crippen molar-refractivity contribution in [2.24, 2.45) is 5.16 Å². The minimum absolute atomic E-state index is 0.647. The molecule has 0 bridgehead atoms. The molecule has 1 aromatic rings. The lowest BCUT2D eigenvalue weighted by Gasteiger charge is -1.98. The van der Waals surface area contributed by atoms with Crippen molar-refractivity contribution in [3.63, 3.8) is 0 Å². The molecule has 2 nitrogen and oxygen atoms in total. The van der Waals surface area contributed by atoms with Gasteiger partial charge in [0.1, 0.15) is 0 Å². The summed E-state index contributed by atoms with van der Waals surface area (Å²) in [6.45, 7) is 3.78. The van der Waals surface area contributed by atoms with Crippen molar-refractivity contribution < 1.29 is 5.21 Å². The van der Waals surface area contributed by atoms with Crippen molar-refractivity contribution in [2.75, 3.05) is 0 Å². The first-order valence-corrected chi connectivity index (χ1v) is 3.49. The number of aryl methyl sites for hydroxylation is 1. The van der Waals surface area contributed by atoms with Crippen molar-refractivity contribution in [3.8, 4) is 0 Å². The van der Waals surface area contributed by atoms with Gasteiger partial charge in [-0.25, -0.2) is 0 Å². The van der Waals surface area contributed by atoms with Crippen LogP contribution in [0.25, 0.3) is 0 Å². The summed E-state index contributed by atoms with van der Waals surface area (Å²) in [7, 11) is 0. The van der Waals surface area contributed by atoms with Gasteiger partial charge < -0.3 is 5.21 Å². The van der Waals surface area contributed by atoms with E-state index in [-0.39, 0.29) is 0 Å². The monoisotopic (exact) mass is 149 g/mol. The van der Waals surface area contributed by atoms with Crippen molar-refractivity contribution in [2.45, 2.75) is 13.8 Å². The molecule has 0 heterocycles. The molecular weight excluding hydrogens is 138 g/mol. The first kappa shape index (κ1) is 7.79. The average Bonchev–Trinajstić information content (AvgIpc) is 2.03. The lowest BCUT2D eigenvalue weighted by molar-refractivity contribution is 0.319. The van der Waals surface area contributed by atoms with Crippen LogP contribution in [-0.4, -0.2) is 10.9 Å². The number of oxime groups is 1. The fourth-order valence-electron chi connectivity index (χ4n) is 0.928. The number of rotatable bonds is 1. The molecule has 0 amide bonds. The van der Waals surface area contributed by atoms with E-state index in [1.165, 1.54) is 5.56 Å². The maximum Gasteiger partial charge on any atom is 0.0837 e. The maximum atomic E-state index is 8.47. The number of nitrogens with zero attached hydrogens (tertiary/aromatic N) is 1. The molecule has 0 aliphatic rings. The van der Waals surface area contributed by atoms with E-state index in [4.69, 9.17) is 5.21 Å². The van der Waals surface area contributed by atoms with Gasteiger partial charge in [-0.3, -0.25) is 0 Å². The molecule has 0 radical (unpaired) electrons. The zero-order valence-corrected chi connectivity index (χ0v) is 6.70. The van der Waals surface area contributed by atoms with Crippen LogP contribution in [0, 0.1) is 6.92 Å². The molecule has 0 saturated heterocycles. The summed E-state index contributed by atoms with van der Waals surface area (Å²) in [6.07, 6.45) is 0. The van der Waals surface area contributed by atoms with Crippen LogP contribution in [0.4, 0.5) is 0 Å². The van der Waals surface area contributed by atoms with Gasteiger partial charge in [-0.05, 0) is 19.4 Å². The van der Waals surface area contributed by atoms with Crippen LogP contribution in [0.3, 0.4) is 0 Å². The molecule has 2 heteroatoms. The van der Waals surface area contributed by atoms with E-state index in [0.717, 1.165) is 5.56 Å². The molecule has 0 unspecified atom stereocenters. The molecule has 0 atom stereocenters. The quantitative estimate of drug-likeness (QED) is 0.370. The molecule has 1 aromatic carbocycles. The Balaban J connectivity index is 3.06. The smallest absolute Gasteiger partial charge is 0.0837 e. The van der Waals surface area contributed by atoms with Crippen LogP contribution in [0.5, 0.6) is 0 Å². The van der Waals surface area contributed by atoms with Gasteiger partial charge in [0.2, 0.25) is 0 Å². The second-order valence-electron chi connectivity index (χ2n) is 2.55. The summed E-state index contributed by atoms with van der Waals surface area (Å²) in [6, 6.07) is 7.85. The Labute approximate surface area is 66.2 Å². The summed E-state index contributed by atoms with van der Waals surface area (Å²) in [5, 5.41) is 11.6. The maximum absolute atomic E-state index is 8.47. The van der Waals surface area contributed by atoms with Crippen LogP contribution in [0.2, 0.25) is 0 Å². The lowest BCUT2D eigenvalue weighted by atomic mass is 10.1. The molecule has 0 fully saturated rings. The first-order valence-electron chi connectivity index (χ1n) is 3.49. The minimum Gasteiger partial charge on any atom is -0.411 e. The molecule has 0 spiro atoms. The van der Waals surface area contributed by atoms with Crippen LogP contribution in [0.15, 0.2) is 29.4 Å². The molecule has 58 valence electrons. The van der Waals surface area contributed by atoms with Gasteiger partial charge in [0, 0.05) is 0 Å². The molecule has 11 heavy (non-hydrogen) atoms. The molecular formula is C9H11NO. The van der Waals surface area contributed by atoms with E-state index >= 15 is 0 Å². The lowest BCUT2D eigenvalue weighted by Crippen LogP contribution is -1.93. The summed E-state index contributed by atoms with van der Waals surface area (Å²) in [4.78, 5) is 0. The second kappa shape index (κ2) is 3.19. The number of benzene rings is 1. The van der Waals surface area contributed by atoms with Crippen molar-refractivity contribution in [1.29, 1.82) is 0 Å². The van der Waals surface area contributed by atoms with Crippen molar-refractivity contribution in [1.82, 2.24) is 0 Å². The highest BCUT2D eigenvalue weighted by molar-refractivity contribution is 5.98. The zero-order chi connectivity index (χ0) is 8.27. The Morgan fingerprint density at radius 3 is 2.73 bits per heavy atom. The van der Waals surface area contributed by atoms with Crippen molar-refractivity contribution in [3.05, 3.63) is 35.4 Å². The Bertz CT molecular complexity index is 279. The summed E-state index contributed by atoms with van der Waals surface area (Å²) in [5.74, 6) is 0. The van der Waals surface area contributed by atoms with Crippen LogP contribution < -0.4 is 0 Å². The highest BCUT2D eigenvalue weighted by Crippen LogP contribution is 2.04. The van der Waals surface area contributed by atoms with E-state index in [1.54, 1.807) is 6.92 Å². The summed E-state index contributed by atoms with van der Waals surface area (Å²) >= 11 is 0. The van der Waals surface area contributed by atoms with E-state index in [1.807, 2.05) is 31.2 Å². The topological polar surface area (TPSA) is 32.6 Å². The largest absolute Gasteiger partial charge is 0.411 e. The third-order valence-corrected chi connectivity index (χ3v) is 1.59. The standard InChI is InChI=1S/C9H11NO/c1-7-4-3-5-9(6-7)8(2)10-11/h3-6,11H,1-2H3. The van der Waals surface area contributed by atoms with E-state index in [0.29, 0.717) is 5.71 Å². The van der Waals surface area contributed by atoms with Gasteiger partial charge in [-0.1, -0.05) is 35.0 Å². The van der Waals surface area contributed by atoms with Gasteiger partial charge in [0.15, 0.2) is 0 Å². The fourth-order valence-corrected chi connectivity index (χ4v) is 0.928. The van der Waals surface area contributed by atoms with Crippen LogP contribution >= 0.6 is 0 Å². The molecule has 0 saturated carbocycles. The number of hydrogen-bond donors (Lipinski definition) is 1. The molecule has 0 aliphatic carbocycles. The number of hydrogen-bond acceptors (Lipinski definition) is 2. The molecule has 1 rings (SSSR count). The predicted octanol–water partition coefficient (Wildman–Crippen LogP) is 2.19. The third-order valence-electron chi connectivity index (χ3n) is 1.59. The molecule has 0 aromatic heterocycles.